The normalized spacial score (nSPS) is 26.3. The molecule has 7 nitrogen and oxygen atoms in total. The summed E-state index contributed by atoms with van der Waals surface area (Å²) in [6.07, 6.45) is 2.92. The molecule has 0 radical (unpaired) electrons. The van der Waals surface area contributed by atoms with E-state index in [2.05, 4.69) is 10.8 Å². The third-order valence-corrected chi connectivity index (χ3v) is 8.54. The zero-order valence-electron chi connectivity index (χ0n) is 17.4. The fourth-order valence-electron chi connectivity index (χ4n) is 5.29. The van der Waals surface area contributed by atoms with Crippen molar-refractivity contribution in [3.63, 3.8) is 0 Å². The van der Waals surface area contributed by atoms with Crippen molar-refractivity contribution in [3.05, 3.63) is 59.1 Å². The van der Waals surface area contributed by atoms with Crippen LogP contribution >= 0.6 is 11.6 Å². The lowest BCUT2D eigenvalue weighted by atomic mass is 9.82. The first-order chi connectivity index (χ1) is 15.2. The van der Waals surface area contributed by atoms with Gasteiger partial charge in [-0.1, -0.05) is 35.4 Å². The minimum absolute atomic E-state index is 0.0204. The van der Waals surface area contributed by atoms with Gasteiger partial charge in [-0.3, -0.25) is 14.3 Å². The molecule has 1 saturated carbocycles. The molecule has 32 heavy (non-hydrogen) atoms. The Kier molecular flexibility index (Phi) is 4.83. The molecule has 1 heterocycles. The zero-order chi connectivity index (χ0) is 22.8. The number of anilines is 2. The minimum Gasteiger partial charge on any atom is -0.495 e. The standard InChI is InChI=1S/C23H21ClN2O5S/c1-12-9-13-10-15(12)21-20(13)22(27)26(23(21)28)14-7-8-16(24)19(11-14)32(29,30)25-17-5-3-4-6-18(17)31-2/h3-9,11,13,15,20-21,25H,10H2,1-2H3. The van der Waals surface area contributed by atoms with Crippen molar-refractivity contribution in [1.29, 1.82) is 0 Å². The number of para-hydroxylation sites is 2. The number of hydrogen-bond donors (Lipinski definition) is 1. The fraction of sp³-hybridized carbons (Fsp3) is 0.304. The molecule has 2 fully saturated rings. The number of amides is 2. The van der Waals surface area contributed by atoms with E-state index >= 15 is 0 Å². The molecule has 9 heteroatoms. The molecule has 5 rings (SSSR count). The van der Waals surface area contributed by atoms with E-state index in [4.69, 9.17) is 16.3 Å². The highest BCUT2D eigenvalue weighted by Crippen LogP contribution is 2.56. The molecule has 1 aliphatic heterocycles. The van der Waals surface area contributed by atoms with Crippen LogP contribution in [-0.4, -0.2) is 27.3 Å². The fourth-order valence-corrected chi connectivity index (χ4v) is 6.89. The molecule has 3 aliphatic rings. The van der Waals surface area contributed by atoms with Gasteiger partial charge in [0.15, 0.2) is 0 Å². The lowest BCUT2D eigenvalue weighted by Crippen LogP contribution is -2.33. The van der Waals surface area contributed by atoms with Crippen molar-refractivity contribution in [1.82, 2.24) is 0 Å². The minimum atomic E-state index is -4.12. The number of nitrogens with one attached hydrogen (secondary N) is 1. The first-order valence-electron chi connectivity index (χ1n) is 10.2. The van der Waals surface area contributed by atoms with Gasteiger partial charge in [-0.2, -0.15) is 0 Å². The summed E-state index contributed by atoms with van der Waals surface area (Å²) in [5.74, 6) is -0.816. The third kappa shape index (κ3) is 3.04. The van der Waals surface area contributed by atoms with Crippen molar-refractivity contribution in [2.45, 2.75) is 18.2 Å². The molecule has 0 spiro atoms. The van der Waals surface area contributed by atoms with Gasteiger partial charge in [0.05, 0.1) is 35.3 Å². The highest BCUT2D eigenvalue weighted by molar-refractivity contribution is 7.92. The predicted molar refractivity (Wildman–Crippen MR) is 120 cm³/mol. The van der Waals surface area contributed by atoms with Gasteiger partial charge in [-0.05, 0) is 55.5 Å². The Labute approximate surface area is 191 Å². The quantitative estimate of drug-likeness (QED) is 0.527. The van der Waals surface area contributed by atoms with E-state index in [9.17, 15) is 18.0 Å². The summed E-state index contributed by atoms with van der Waals surface area (Å²) < 4.78 is 33.9. The van der Waals surface area contributed by atoms with Gasteiger partial charge in [0.1, 0.15) is 10.6 Å². The van der Waals surface area contributed by atoms with E-state index in [1.807, 2.05) is 6.92 Å². The maximum Gasteiger partial charge on any atom is 0.263 e. The number of carbonyl (C=O) groups is 2. The lowest BCUT2D eigenvalue weighted by molar-refractivity contribution is -0.123. The number of methoxy groups -OCH3 is 1. The summed E-state index contributed by atoms with van der Waals surface area (Å²) in [4.78, 5) is 27.3. The number of rotatable bonds is 5. The number of allylic oxidation sites excluding steroid dienone is 2. The molecule has 2 amide bonds. The topological polar surface area (TPSA) is 92.8 Å². The number of nitrogens with zero attached hydrogens (tertiary/aromatic N) is 1. The summed E-state index contributed by atoms with van der Waals surface area (Å²) >= 11 is 6.22. The number of imide groups is 1. The molecule has 2 aromatic carbocycles. The number of halogens is 1. The van der Waals surface area contributed by atoms with E-state index in [1.54, 1.807) is 24.3 Å². The number of fused-ring (bicyclic) bond motifs is 5. The molecular formula is C23H21ClN2O5S. The van der Waals surface area contributed by atoms with E-state index in [1.165, 1.54) is 25.3 Å². The third-order valence-electron chi connectivity index (χ3n) is 6.69. The van der Waals surface area contributed by atoms with Crippen LogP contribution in [0.25, 0.3) is 0 Å². The van der Waals surface area contributed by atoms with E-state index < -0.39 is 10.0 Å². The van der Waals surface area contributed by atoms with Crippen LogP contribution in [0.4, 0.5) is 11.4 Å². The number of benzene rings is 2. The maximum atomic E-state index is 13.2. The molecule has 2 aromatic rings. The largest absolute Gasteiger partial charge is 0.495 e. The molecule has 4 atom stereocenters. The van der Waals surface area contributed by atoms with Crippen LogP contribution in [0, 0.1) is 23.7 Å². The predicted octanol–water partition coefficient (Wildman–Crippen LogP) is 3.85. The van der Waals surface area contributed by atoms with Gasteiger partial charge >= 0.3 is 0 Å². The Morgan fingerprint density at radius 3 is 2.56 bits per heavy atom. The monoisotopic (exact) mass is 472 g/mol. The number of carbonyl (C=O) groups excluding carboxylic acids is 2. The Morgan fingerprint density at radius 2 is 1.81 bits per heavy atom. The Bertz CT molecular complexity index is 1290. The van der Waals surface area contributed by atoms with Crippen molar-refractivity contribution < 1.29 is 22.7 Å². The first kappa shape index (κ1) is 21.0. The van der Waals surface area contributed by atoms with Gasteiger partial charge in [0.2, 0.25) is 11.8 Å². The molecule has 1 saturated heterocycles. The molecular weight excluding hydrogens is 452 g/mol. The van der Waals surface area contributed by atoms with Crippen LogP contribution in [0.5, 0.6) is 5.75 Å². The van der Waals surface area contributed by atoms with Crippen molar-refractivity contribution in [2.75, 3.05) is 16.7 Å². The number of hydrogen-bond acceptors (Lipinski definition) is 5. The summed E-state index contributed by atoms with van der Waals surface area (Å²) in [5, 5.41) is -0.0204. The second-order valence-electron chi connectivity index (χ2n) is 8.40. The van der Waals surface area contributed by atoms with E-state index in [0.29, 0.717) is 5.75 Å². The molecule has 2 aliphatic carbocycles. The second-order valence-corrected chi connectivity index (χ2v) is 10.5. The van der Waals surface area contributed by atoms with Crippen LogP contribution in [0.15, 0.2) is 59.0 Å². The van der Waals surface area contributed by atoms with Crippen LogP contribution in [0.2, 0.25) is 5.02 Å². The smallest absolute Gasteiger partial charge is 0.263 e. The van der Waals surface area contributed by atoms with Gasteiger partial charge in [0.25, 0.3) is 10.0 Å². The molecule has 0 aromatic heterocycles. The van der Waals surface area contributed by atoms with Crippen LogP contribution in [0.1, 0.15) is 13.3 Å². The van der Waals surface area contributed by atoms with Gasteiger partial charge in [0, 0.05) is 0 Å². The van der Waals surface area contributed by atoms with E-state index in [0.717, 1.165) is 16.9 Å². The first-order valence-corrected chi connectivity index (χ1v) is 12.1. The second kappa shape index (κ2) is 7.35. The number of sulfonamides is 1. The van der Waals surface area contributed by atoms with Crippen molar-refractivity contribution >= 4 is 44.8 Å². The van der Waals surface area contributed by atoms with Crippen LogP contribution < -0.4 is 14.4 Å². The van der Waals surface area contributed by atoms with E-state index in [-0.39, 0.29) is 56.8 Å². The Balaban J connectivity index is 1.50. The maximum absolute atomic E-state index is 13.2. The summed E-state index contributed by atoms with van der Waals surface area (Å²) in [6, 6.07) is 10.7. The Hall–Kier alpha value is -2.84. The highest BCUT2D eigenvalue weighted by atomic mass is 35.5. The van der Waals surface area contributed by atoms with Crippen molar-refractivity contribution in [3.8, 4) is 5.75 Å². The van der Waals surface area contributed by atoms with Gasteiger partial charge < -0.3 is 4.74 Å². The summed E-state index contributed by atoms with van der Waals surface area (Å²) in [6.45, 7) is 2.00. The SMILES string of the molecule is COc1ccccc1NS(=O)(=O)c1cc(N2C(=O)C3C4C=C(C)C(C4)C3C2=O)ccc1Cl. The van der Waals surface area contributed by atoms with Crippen molar-refractivity contribution in [2.24, 2.45) is 23.7 Å². The highest BCUT2D eigenvalue weighted by Gasteiger charge is 2.61. The van der Waals surface area contributed by atoms with Crippen LogP contribution in [0.3, 0.4) is 0 Å². The molecule has 166 valence electrons. The Morgan fingerprint density at radius 1 is 1.09 bits per heavy atom. The van der Waals surface area contributed by atoms with Gasteiger partial charge in [-0.15, -0.1) is 0 Å². The molecule has 4 unspecified atom stereocenters. The number of ether oxygens (including phenoxy) is 1. The summed E-state index contributed by atoms with van der Waals surface area (Å²) in [7, 11) is -2.69. The van der Waals surface area contributed by atoms with Gasteiger partial charge in [-0.25, -0.2) is 13.3 Å². The zero-order valence-corrected chi connectivity index (χ0v) is 19.0. The van der Waals surface area contributed by atoms with Crippen LogP contribution in [-0.2, 0) is 19.6 Å². The lowest BCUT2D eigenvalue weighted by Gasteiger charge is -2.20. The average Bonchev–Trinajstić information content (AvgIpc) is 3.39. The molecule has 2 bridgehead atoms. The average molecular weight is 473 g/mol. The summed E-state index contributed by atoms with van der Waals surface area (Å²) in [5.41, 5.74) is 1.60. The molecule has 1 N–H and O–H groups in total.